The molecule has 0 saturated heterocycles. The van der Waals surface area contributed by atoms with Gasteiger partial charge in [0.25, 0.3) is 0 Å². The molecule has 1 aromatic carbocycles. The molecular formula is C14H19NO3. The molecule has 0 bridgehead atoms. The normalized spacial score (nSPS) is 17.1. The lowest BCUT2D eigenvalue weighted by Gasteiger charge is -2.08. The van der Waals surface area contributed by atoms with E-state index in [-0.39, 0.29) is 12.1 Å². The van der Waals surface area contributed by atoms with Gasteiger partial charge < -0.3 is 9.57 Å². The fourth-order valence-electron chi connectivity index (χ4n) is 1.63. The number of ether oxygens (including phenoxy) is 1. The first-order valence-electron chi connectivity index (χ1n) is 6.08. The monoisotopic (exact) mass is 249 g/mol. The molecule has 98 valence electrons. The number of hydrogen-bond donors (Lipinski definition) is 0. The summed E-state index contributed by atoms with van der Waals surface area (Å²) in [6.45, 7) is 5.93. The first kappa shape index (κ1) is 14.2. The third-order valence-corrected chi connectivity index (χ3v) is 2.52. The summed E-state index contributed by atoms with van der Waals surface area (Å²) in [5, 5.41) is 3.89. The van der Waals surface area contributed by atoms with Crippen LogP contribution in [0.2, 0.25) is 0 Å². The highest BCUT2D eigenvalue weighted by Crippen LogP contribution is 2.27. The predicted molar refractivity (Wildman–Crippen MR) is 70.7 cm³/mol. The lowest BCUT2D eigenvalue weighted by Crippen LogP contribution is -2.02. The molecule has 1 unspecified atom stereocenters. The zero-order chi connectivity index (χ0) is 13.5. The van der Waals surface area contributed by atoms with Gasteiger partial charge in [-0.25, -0.2) is 4.79 Å². The number of nitrogens with zero attached hydrogens (tertiary/aromatic N) is 1. The second-order valence-corrected chi connectivity index (χ2v) is 3.74. The zero-order valence-corrected chi connectivity index (χ0v) is 11.3. The summed E-state index contributed by atoms with van der Waals surface area (Å²) in [5.74, 6) is -0.327. The van der Waals surface area contributed by atoms with Crippen molar-refractivity contribution in [3.8, 4) is 0 Å². The molecule has 0 spiro atoms. The van der Waals surface area contributed by atoms with Crippen molar-refractivity contribution in [3.05, 3.63) is 35.4 Å². The van der Waals surface area contributed by atoms with E-state index in [4.69, 9.17) is 4.84 Å². The number of carbonyl (C=O) groups is 1. The van der Waals surface area contributed by atoms with Gasteiger partial charge in [-0.05, 0) is 24.6 Å². The van der Waals surface area contributed by atoms with E-state index in [1.807, 2.05) is 32.9 Å². The summed E-state index contributed by atoms with van der Waals surface area (Å²) in [5.41, 5.74) is 2.55. The molecule has 0 N–H and O–H groups in total. The molecule has 1 heterocycles. The number of hydrogen-bond acceptors (Lipinski definition) is 4. The SMILES string of the molecule is CC.COC(=O)c1ccc(C2CC(C)=NO2)cc1. The van der Waals surface area contributed by atoms with Crippen LogP contribution in [0.4, 0.5) is 0 Å². The Kier molecular flexibility index (Phi) is 5.36. The Morgan fingerprint density at radius 3 is 2.39 bits per heavy atom. The molecule has 0 fully saturated rings. The van der Waals surface area contributed by atoms with Crippen molar-refractivity contribution < 1.29 is 14.4 Å². The first-order chi connectivity index (χ1) is 8.70. The van der Waals surface area contributed by atoms with E-state index in [1.165, 1.54) is 7.11 Å². The molecule has 1 atom stereocenters. The summed E-state index contributed by atoms with van der Waals surface area (Å²) < 4.78 is 4.63. The van der Waals surface area contributed by atoms with Gasteiger partial charge >= 0.3 is 5.97 Å². The van der Waals surface area contributed by atoms with Gasteiger partial charge in [-0.15, -0.1) is 0 Å². The Bertz CT molecular complexity index is 423. The fourth-order valence-corrected chi connectivity index (χ4v) is 1.63. The van der Waals surface area contributed by atoms with Crippen molar-refractivity contribution in [1.29, 1.82) is 0 Å². The second kappa shape index (κ2) is 6.79. The van der Waals surface area contributed by atoms with Gasteiger partial charge in [0, 0.05) is 6.42 Å². The molecule has 18 heavy (non-hydrogen) atoms. The van der Waals surface area contributed by atoms with Crippen molar-refractivity contribution in [2.24, 2.45) is 5.16 Å². The van der Waals surface area contributed by atoms with E-state index in [0.717, 1.165) is 17.7 Å². The lowest BCUT2D eigenvalue weighted by molar-refractivity contribution is 0.0600. The molecule has 0 amide bonds. The van der Waals surface area contributed by atoms with E-state index in [1.54, 1.807) is 12.1 Å². The highest BCUT2D eigenvalue weighted by Gasteiger charge is 2.20. The van der Waals surface area contributed by atoms with Crippen LogP contribution in [-0.2, 0) is 9.57 Å². The lowest BCUT2D eigenvalue weighted by atomic mass is 10.0. The minimum absolute atomic E-state index is 0.0216. The van der Waals surface area contributed by atoms with Crippen LogP contribution in [0.15, 0.2) is 29.4 Å². The highest BCUT2D eigenvalue weighted by atomic mass is 16.6. The molecule has 0 radical (unpaired) electrons. The molecule has 2 rings (SSSR count). The van der Waals surface area contributed by atoms with Crippen LogP contribution in [0.1, 0.15) is 49.2 Å². The van der Waals surface area contributed by atoms with Gasteiger partial charge in [-0.3, -0.25) is 0 Å². The molecule has 0 aromatic heterocycles. The van der Waals surface area contributed by atoms with Crippen LogP contribution >= 0.6 is 0 Å². The fraction of sp³-hybridized carbons (Fsp3) is 0.429. The van der Waals surface area contributed by atoms with Crippen molar-refractivity contribution in [3.63, 3.8) is 0 Å². The standard InChI is InChI=1S/C12H13NO3.C2H6/c1-8-7-11(16-13-8)9-3-5-10(6-4-9)12(14)15-2;1-2/h3-6,11H,7H2,1-2H3;1-2H3. The topological polar surface area (TPSA) is 47.9 Å². The zero-order valence-electron chi connectivity index (χ0n) is 11.3. The van der Waals surface area contributed by atoms with Crippen molar-refractivity contribution in [1.82, 2.24) is 0 Å². The Balaban J connectivity index is 0.000000771. The van der Waals surface area contributed by atoms with Gasteiger partial charge in [-0.2, -0.15) is 0 Å². The Hall–Kier alpha value is -1.84. The summed E-state index contributed by atoms with van der Waals surface area (Å²) >= 11 is 0. The second-order valence-electron chi connectivity index (χ2n) is 3.74. The summed E-state index contributed by atoms with van der Waals surface area (Å²) in [6.07, 6.45) is 0.782. The summed E-state index contributed by atoms with van der Waals surface area (Å²) in [4.78, 5) is 16.5. The molecule has 0 aliphatic carbocycles. The van der Waals surface area contributed by atoms with E-state index < -0.39 is 0 Å². The van der Waals surface area contributed by atoms with Gasteiger partial charge in [0.15, 0.2) is 6.10 Å². The third kappa shape index (κ3) is 3.32. The van der Waals surface area contributed by atoms with Gasteiger partial charge in [0.05, 0.1) is 18.4 Å². The molecular weight excluding hydrogens is 230 g/mol. The highest BCUT2D eigenvalue weighted by molar-refractivity contribution is 5.89. The summed E-state index contributed by atoms with van der Waals surface area (Å²) in [7, 11) is 1.37. The Morgan fingerprint density at radius 2 is 1.94 bits per heavy atom. The number of oxime groups is 1. The minimum atomic E-state index is -0.327. The predicted octanol–water partition coefficient (Wildman–Crippen LogP) is 3.34. The number of rotatable bonds is 2. The average molecular weight is 249 g/mol. The number of esters is 1. The number of methoxy groups -OCH3 is 1. The van der Waals surface area contributed by atoms with Crippen LogP contribution in [0.3, 0.4) is 0 Å². The molecule has 4 heteroatoms. The van der Waals surface area contributed by atoms with Crippen LogP contribution < -0.4 is 0 Å². The smallest absolute Gasteiger partial charge is 0.337 e. The van der Waals surface area contributed by atoms with Crippen LogP contribution in [0.5, 0.6) is 0 Å². The summed E-state index contributed by atoms with van der Waals surface area (Å²) in [6, 6.07) is 7.20. The maximum absolute atomic E-state index is 11.2. The van der Waals surface area contributed by atoms with Gasteiger partial charge in [0.2, 0.25) is 0 Å². The molecule has 1 aliphatic heterocycles. The molecule has 4 nitrogen and oxygen atoms in total. The van der Waals surface area contributed by atoms with E-state index in [2.05, 4.69) is 9.89 Å². The number of carbonyl (C=O) groups excluding carboxylic acids is 1. The third-order valence-electron chi connectivity index (χ3n) is 2.52. The Morgan fingerprint density at radius 1 is 1.33 bits per heavy atom. The first-order valence-corrected chi connectivity index (χ1v) is 6.08. The van der Waals surface area contributed by atoms with E-state index in [9.17, 15) is 4.79 Å². The Labute approximate surface area is 108 Å². The van der Waals surface area contributed by atoms with E-state index >= 15 is 0 Å². The van der Waals surface area contributed by atoms with Crippen LogP contribution in [-0.4, -0.2) is 18.8 Å². The largest absolute Gasteiger partial charge is 0.465 e. The van der Waals surface area contributed by atoms with Crippen molar-refractivity contribution in [2.45, 2.75) is 33.3 Å². The van der Waals surface area contributed by atoms with E-state index in [0.29, 0.717) is 5.56 Å². The van der Waals surface area contributed by atoms with Crippen LogP contribution in [0.25, 0.3) is 0 Å². The molecule has 0 saturated carbocycles. The van der Waals surface area contributed by atoms with Crippen LogP contribution in [0, 0.1) is 0 Å². The van der Waals surface area contributed by atoms with Crippen molar-refractivity contribution >= 4 is 11.7 Å². The maximum atomic E-state index is 11.2. The molecule has 1 aromatic rings. The van der Waals surface area contributed by atoms with Gasteiger partial charge in [0.1, 0.15) is 0 Å². The average Bonchev–Trinajstić information content (AvgIpc) is 2.87. The minimum Gasteiger partial charge on any atom is -0.465 e. The van der Waals surface area contributed by atoms with Gasteiger partial charge in [-0.1, -0.05) is 31.1 Å². The van der Waals surface area contributed by atoms with Crippen molar-refractivity contribution in [2.75, 3.05) is 7.11 Å². The quantitative estimate of drug-likeness (QED) is 0.755. The molecule has 1 aliphatic rings. The number of benzene rings is 1. The maximum Gasteiger partial charge on any atom is 0.337 e.